The Balaban J connectivity index is 2.10. The van der Waals surface area contributed by atoms with Crippen LogP contribution in [-0.4, -0.2) is 29.2 Å². The normalized spacial score (nSPS) is 20.4. The molecule has 1 aliphatic heterocycles. The molecule has 1 atom stereocenters. The van der Waals surface area contributed by atoms with E-state index in [1.165, 1.54) is 6.20 Å². The van der Waals surface area contributed by atoms with Crippen LogP contribution in [0, 0.1) is 10.1 Å². The zero-order valence-corrected chi connectivity index (χ0v) is 8.76. The van der Waals surface area contributed by atoms with E-state index in [4.69, 9.17) is 4.74 Å². The first-order valence-electron chi connectivity index (χ1n) is 5.20. The average molecular weight is 223 g/mol. The van der Waals surface area contributed by atoms with Crippen LogP contribution in [0.2, 0.25) is 0 Å². The number of nitrogens with zero attached hydrogens (tertiary/aromatic N) is 2. The fraction of sp³-hybridized carbons (Fsp3) is 0.500. The highest BCUT2D eigenvalue weighted by atomic mass is 16.6. The number of anilines is 1. The van der Waals surface area contributed by atoms with Crippen LogP contribution in [0.3, 0.4) is 0 Å². The van der Waals surface area contributed by atoms with Gasteiger partial charge in [0.2, 0.25) is 0 Å². The van der Waals surface area contributed by atoms with Gasteiger partial charge in [0.25, 0.3) is 0 Å². The molecule has 6 heteroatoms. The molecule has 0 aromatic carbocycles. The molecule has 0 spiro atoms. The van der Waals surface area contributed by atoms with E-state index >= 15 is 0 Å². The van der Waals surface area contributed by atoms with Crippen LogP contribution in [0.4, 0.5) is 11.4 Å². The van der Waals surface area contributed by atoms with Gasteiger partial charge in [0.15, 0.2) is 0 Å². The zero-order chi connectivity index (χ0) is 11.4. The maximum absolute atomic E-state index is 10.8. The second kappa shape index (κ2) is 4.89. The summed E-state index contributed by atoms with van der Waals surface area (Å²) < 4.78 is 5.31. The Kier molecular flexibility index (Phi) is 3.31. The predicted molar refractivity (Wildman–Crippen MR) is 58.4 cm³/mol. The van der Waals surface area contributed by atoms with Crippen LogP contribution in [0.25, 0.3) is 0 Å². The molecule has 2 rings (SSSR count). The second-order valence-electron chi connectivity index (χ2n) is 3.71. The monoisotopic (exact) mass is 223 g/mol. The van der Waals surface area contributed by atoms with Gasteiger partial charge in [-0.3, -0.25) is 15.1 Å². The third kappa shape index (κ3) is 2.46. The van der Waals surface area contributed by atoms with Crippen LogP contribution >= 0.6 is 0 Å². The van der Waals surface area contributed by atoms with Crippen molar-refractivity contribution in [1.29, 1.82) is 0 Å². The maximum atomic E-state index is 10.8. The summed E-state index contributed by atoms with van der Waals surface area (Å²) in [6.45, 7) is 1.37. The second-order valence-corrected chi connectivity index (χ2v) is 3.71. The Morgan fingerprint density at radius 2 is 2.50 bits per heavy atom. The quantitative estimate of drug-likeness (QED) is 0.621. The van der Waals surface area contributed by atoms with Gasteiger partial charge in [-0.1, -0.05) is 0 Å². The van der Waals surface area contributed by atoms with Gasteiger partial charge in [0.1, 0.15) is 11.9 Å². The molecule has 86 valence electrons. The topological polar surface area (TPSA) is 77.3 Å². The van der Waals surface area contributed by atoms with E-state index in [0.717, 1.165) is 19.4 Å². The van der Waals surface area contributed by atoms with Crippen molar-refractivity contribution in [2.45, 2.75) is 18.9 Å². The maximum Gasteiger partial charge on any atom is 0.310 e. The number of nitrogens with one attached hydrogen (secondary N) is 1. The van der Waals surface area contributed by atoms with E-state index < -0.39 is 4.92 Å². The average Bonchev–Trinajstić information content (AvgIpc) is 2.31. The Labute approximate surface area is 92.8 Å². The number of ether oxygens (including phenoxy) is 1. The third-order valence-corrected chi connectivity index (χ3v) is 2.52. The summed E-state index contributed by atoms with van der Waals surface area (Å²) in [5, 5.41) is 13.9. The van der Waals surface area contributed by atoms with Gasteiger partial charge in [-0.2, -0.15) is 0 Å². The molecule has 2 heterocycles. The predicted octanol–water partition coefficient (Wildman–Crippen LogP) is 1.58. The summed E-state index contributed by atoms with van der Waals surface area (Å²) in [5.41, 5.74) is 0.517. The van der Waals surface area contributed by atoms with Crippen LogP contribution in [0.5, 0.6) is 0 Å². The lowest BCUT2D eigenvalue weighted by atomic mass is 10.1. The van der Waals surface area contributed by atoms with Gasteiger partial charge in [0.05, 0.1) is 11.5 Å². The van der Waals surface area contributed by atoms with Gasteiger partial charge in [0, 0.05) is 18.8 Å². The molecule has 1 unspecified atom stereocenters. The summed E-state index contributed by atoms with van der Waals surface area (Å²) in [6.07, 6.45) is 4.75. The molecule has 0 radical (unpaired) electrons. The van der Waals surface area contributed by atoms with E-state index in [9.17, 15) is 10.1 Å². The van der Waals surface area contributed by atoms with Crippen molar-refractivity contribution in [3.8, 4) is 0 Å². The Morgan fingerprint density at radius 3 is 3.19 bits per heavy atom. The number of hydrogen-bond donors (Lipinski definition) is 1. The molecule has 16 heavy (non-hydrogen) atoms. The highest BCUT2D eigenvalue weighted by molar-refractivity contribution is 5.60. The lowest BCUT2D eigenvalue weighted by Crippen LogP contribution is -2.30. The summed E-state index contributed by atoms with van der Waals surface area (Å²) in [6, 6.07) is 1.77. The SMILES string of the molecule is O=[N+]([O-])c1cnccc1NC1CCCOC1. The van der Waals surface area contributed by atoms with Gasteiger partial charge in [-0.05, 0) is 18.9 Å². The van der Waals surface area contributed by atoms with Gasteiger partial charge in [-0.25, -0.2) is 0 Å². The molecular formula is C10H13N3O3. The molecule has 0 aliphatic carbocycles. The van der Waals surface area contributed by atoms with Crippen molar-refractivity contribution >= 4 is 11.4 Å². The van der Waals surface area contributed by atoms with E-state index in [2.05, 4.69) is 10.3 Å². The van der Waals surface area contributed by atoms with Crippen LogP contribution in [-0.2, 0) is 4.74 Å². The fourth-order valence-electron chi connectivity index (χ4n) is 1.73. The van der Waals surface area contributed by atoms with Gasteiger partial charge in [-0.15, -0.1) is 0 Å². The molecule has 1 aliphatic rings. The van der Waals surface area contributed by atoms with Crippen molar-refractivity contribution in [3.05, 3.63) is 28.6 Å². The molecule has 1 N–H and O–H groups in total. The fourth-order valence-corrected chi connectivity index (χ4v) is 1.73. The van der Waals surface area contributed by atoms with E-state index in [-0.39, 0.29) is 11.7 Å². The van der Waals surface area contributed by atoms with Crippen LogP contribution in [0.1, 0.15) is 12.8 Å². The van der Waals surface area contributed by atoms with Crippen LogP contribution in [0.15, 0.2) is 18.5 Å². The molecule has 0 bridgehead atoms. The minimum absolute atomic E-state index is 0.00748. The number of nitro groups is 1. The molecule has 1 saturated heterocycles. The summed E-state index contributed by atoms with van der Waals surface area (Å²) in [4.78, 5) is 14.1. The van der Waals surface area contributed by atoms with E-state index in [1.807, 2.05) is 0 Å². The zero-order valence-electron chi connectivity index (χ0n) is 8.76. The largest absolute Gasteiger partial charge is 0.379 e. The Bertz CT molecular complexity index is 377. The number of rotatable bonds is 3. The first kappa shape index (κ1) is 10.8. The van der Waals surface area contributed by atoms with Crippen molar-refractivity contribution in [1.82, 2.24) is 4.98 Å². The molecule has 0 saturated carbocycles. The Hall–Kier alpha value is -1.69. The molecule has 6 nitrogen and oxygen atoms in total. The van der Waals surface area contributed by atoms with E-state index in [1.54, 1.807) is 12.3 Å². The highest BCUT2D eigenvalue weighted by Crippen LogP contribution is 2.24. The van der Waals surface area contributed by atoms with Crippen molar-refractivity contribution in [3.63, 3.8) is 0 Å². The smallest absolute Gasteiger partial charge is 0.310 e. The molecule has 1 aromatic rings. The molecule has 1 fully saturated rings. The summed E-state index contributed by atoms with van der Waals surface area (Å²) in [7, 11) is 0. The lowest BCUT2D eigenvalue weighted by molar-refractivity contribution is -0.384. The van der Waals surface area contributed by atoms with Gasteiger partial charge >= 0.3 is 5.69 Å². The number of aromatic nitrogens is 1. The van der Waals surface area contributed by atoms with Crippen molar-refractivity contribution in [2.24, 2.45) is 0 Å². The minimum atomic E-state index is -0.432. The van der Waals surface area contributed by atoms with Crippen molar-refractivity contribution in [2.75, 3.05) is 18.5 Å². The summed E-state index contributed by atoms with van der Waals surface area (Å²) in [5.74, 6) is 0. The number of hydrogen-bond acceptors (Lipinski definition) is 5. The Morgan fingerprint density at radius 1 is 1.62 bits per heavy atom. The van der Waals surface area contributed by atoms with E-state index in [0.29, 0.717) is 12.3 Å². The highest BCUT2D eigenvalue weighted by Gasteiger charge is 2.19. The summed E-state index contributed by atoms with van der Waals surface area (Å²) >= 11 is 0. The first-order chi connectivity index (χ1) is 7.77. The molecular weight excluding hydrogens is 210 g/mol. The minimum Gasteiger partial charge on any atom is -0.379 e. The molecule has 1 aromatic heterocycles. The standard InChI is InChI=1S/C10H13N3O3/c14-13(15)10-6-11-4-3-9(10)12-8-2-1-5-16-7-8/h3-4,6,8H,1-2,5,7H2,(H,11,12). The molecule has 0 amide bonds. The first-order valence-corrected chi connectivity index (χ1v) is 5.20. The van der Waals surface area contributed by atoms with Crippen LogP contribution < -0.4 is 5.32 Å². The number of pyridine rings is 1. The van der Waals surface area contributed by atoms with Gasteiger partial charge < -0.3 is 10.1 Å². The lowest BCUT2D eigenvalue weighted by Gasteiger charge is -2.23. The van der Waals surface area contributed by atoms with Crippen molar-refractivity contribution < 1.29 is 9.66 Å². The third-order valence-electron chi connectivity index (χ3n) is 2.52.